The van der Waals surface area contributed by atoms with Crippen molar-refractivity contribution in [2.45, 2.75) is 32.1 Å². The van der Waals surface area contributed by atoms with Crippen LogP contribution in [0.25, 0.3) is 5.69 Å². The predicted molar refractivity (Wildman–Crippen MR) is 101 cm³/mol. The largest absolute Gasteiger partial charge is 0.495 e. The highest BCUT2D eigenvalue weighted by atomic mass is 35.5. The number of anilines is 1. The van der Waals surface area contributed by atoms with Gasteiger partial charge in [0.1, 0.15) is 5.75 Å². The van der Waals surface area contributed by atoms with Crippen LogP contribution in [0.15, 0.2) is 47.0 Å². The van der Waals surface area contributed by atoms with Crippen molar-refractivity contribution in [2.75, 3.05) is 19.0 Å². The van der Waals surface area contributed by atoms with E-state index in [9.17, 15) is 4.79 Å². The van der Waals surface area contributed by atoms with E-state index >= 15 is 0 Å². The molecule has 0 saturated heterocycles. The Labute approximate surface area is 152 Å². The highest BCUT2D eigenvalue weighted by Crippen LogP contribution is 2.26. The van der Waals surface area contributed by atoms with Crippen molar-refractivity contribution in [1.82, 2.24) is 9.55 Å². The average molecular weight is 360 g/mol. The molecule has 6 heteroatoms. The molecule has 0 atom stereocenters. The van der Waals surface area contributed by atoms with E-state index in [2.05, 4.69) is 16.4 Å². The molecular formula is C19H22ClN3O2. The zero-order chi connectivity index (χ0) is 17.6. The number of benzene rings is 1. The molecule has 1 heterocycles. The van der Waals surface area contributed by atoms with Crippen molar-refractivity contribution >= 4 is 17.4 Å². The number of methoxy groups -OCH3 is 1. The third-order valence-corrected chi connectivity index (χ3v) is 4.67. The van der Waals surface area contributed by atoms with Crippen LogP contribution in [0.2, 0.25) is 5.02 Å². The summed E-state index contributed by atoms with van der Waals surface area (Å²) in [7, 11) is 1.56. The van der Waals surface area contributed by atoms with Crippen LogP contribution in [-0.4, -0.2) is 23.2 Å². The van der Waals surface area contributed by atoms with Crippen LogP contribution >= 0.6 is 11.6 Å². The van der Waals surface area contributed by atoms with Crippen LogP contribution in [0.1, 0.15) is 32.1 Å². The van der Waals surface area contributed by atoms with Crippen molar-refractivity contribution in [2.24, 2.45) is 0 Å². The highest BCUT2D eigenvalue weighted by molar-refractivity contribution is 6.32. The van der Waals surface area contributed by atoms with E-state index in [1.807, 2.05) is 0 Å². The van der Waals surface area contributed by atoms with Gasteiger partial charge in [0.25, 0.3) is 5.56 Å². The zero-order valence-corrected chi connectivity index (χ0v) is 15.1. The van der Waals surface area contributed by atoms with Crippen LogP contribution in [-0.2, 0) is 0 Å². The number of ether oxygens (including phenoxy) is 1. The Kier molecular flexibility index (Phi) is 5.76. The van der Waals surface area contributed by atoms with Crippen LogP contribution in [0.3, 0.4) is 0 Å². The molecule has 0 saturated carbocycles. The number of hydrogen-bond acceptors (Lipinski definition) is 4. The standard InChI is InChI=1S/C19H22ClN3O2/c1-25-17-8-7-15(13-16(17)20)23-12-11-22-18(19(23)24)21-10-9-14-5-3-2-4-6-14/h5,7-8,11-13H,2-4,6,9-10H2,1H3,(H,21,22). The molecule has 0 aliphatic heterocycles. The molecule has 0 amide bonds. The molecule has 5 nitrogen and oxygen atoms in total. The fourth-order valence-electron chi connectivity index (χ4n) is 3.01. The Bertz CT molecular complexity index is 830. The Balaban J connectivity index is 1.74. The maximum atomic E-state index is 12.7. The van der Waals surface area contributed by atoms with Crippen molar-refractivity contribution in [1.29, 1.82) is 0 Å². The highest BCUT2D eigenvalue weighted by Gasteiger charge is 2.09. The average Bonchev–Trinajstić information content (AvgIpc) is 2.64. The molecule has 0 radical (unpaired) electrons. The fourth-order valence-corrected chi connectivity index (χ4v) is 3.27. The van der Waals surface area contributed by atoms with E-state index in [1.165, 1.54) is 35.8 Å². The lowest BCUT2D eigenvalue weighted by Gasteiger charge is -2.13. The van der Waals surface area contributed by atoms with Gasteiger partial charge in [0, 0.05) is 18.9 Å². The minimum absolute atomic E-state index is 0.193. The van der Waals surface area contributed by atoms with E-state index in [0.717, 1.165) is 6.42 Å². The van der Waals surface area contributed by atoms with Gasteiger partial charge in [-0.3, -0.25) is 9.36 Å². The third-order valence-electron chi connectivity index (χ3n) is 4.38. The van der Waals surface area contributed by atoms with E-state index in [0.29, 0.717) is 28.8 Å². The number of hydrogen-bond donors (Lipinski definition) is 1. The summed E-state index contributed by atoms with van der Waals surface area (Å²) < 4.78 is 6.68. The lowest BCUT2D eigenvalue weighted by Crippen LogP contribution is -2.23. The maximum absolute atomic E-state index is 12.7. The molecule has 1 N–H and O–H groups in total. The fraction of sp³-hybridized carbons (Fsp3) is 0.368. The topological polar surface area (TPSA) is 56.1 Å². The molecule has 1 aliphatic carbocycles. The second-order valence-electron chi connectivity index (χ2n) is 6.05. The molecule has 132 valence electrons. The van der Waals surface area contributed by atoms with E-state index < -0.39 is 0 Å². The van der Waals surface area contributed by atoms with Crippen molar-refractivity contribution in [3.8, 4) is 11.4 Å². The number of nitrogens with one attached hydrogen (secondary N) is 1. The van der Waals surface area contributed by atoms with E-state index in [-0.39, 0.29) is 5.56 Å². The summed E-state index contributed by atoms with van der Waals surface area (Å²) in [5.74, 6) is 0.928. The first-order valence-corrected chi connectivity index (χ1v) is 8.90. The Hall–Kier alpha value is -2.27. The van der Waals surface area contributed by atoms with Crippen molar-refractivity contribution in [3.63, 3.8) is 0 Å². The summed E-state index contributed by atoms with van der Waals surface area (Å²) in [5, 5.41) is 3.63. The van der Waals surface area contributed by atoms with Crippen LogP contribution in [0, 0.1) is 0 Å². The lowest BCUT2D eigenvalue weighted by molar-refractivity contribution is 0.415. The molecule has 0 bridgehead atoms. The SMILES string of the molecule is COc1ccc(-n2ccnc(NCCC3=CCCCC3)c2=O)cc1Cl. The molecular weight excluding hydrogens is 338 g/mol. The lowest BCUT2D eigenvalue weighted by atomic mass is 9.97. The van der Waals surface area contributed by atoms with Crippen LogP contribution < -0.4 is 15.6 Å². The van der Waals surface area contributed by atoms with Crippen LogP contribution in [0.4, 0.5) is 5.82 Å². The van der Waals surface area contributed by atoms with Crippen LogP contribution in [0.5, 0.6) is 5.75 Å². The third kappa shape index (κ3) is 4.23. The van der Waals surface area contributed by atoms with Gasteiger partial charge < -0.3 is 10.1 Å². The van der Waals surface area contributed by atoms with Gasteiger partial charge in [-0.1, -0.05) is 23.3 Å². The number of nitrogens with zero attached hydrogens (tertiary/aromatic N) is 2. The Morgan fingerprint density at radius 1 is 1.36 bits per heavy atom. The van der Waals surface area contributed by atoms with Gasteiger partial charge in [-0.05, 0) is 50.3 Å². The maximum Gasteiger partial charge on any atom is 0.297 e. The summed E-state index contributed by atoms with van der Waals surface area (Å²) in [5.41, 5.74) is 1.95. The number of aromatic nitrogens is 2. The van der Waals surface area contributed by atoms with E-state index in [4.69, 9.17) is 16.3 Å². The Morgan fingerprint density at radius 3 is 2.96 bits per heavy atom. The quantitative estimate of drug-likeness (QED) is 0.785. The zero-order valence-electron chi connectivity index (χ0n) is 14.3. The van der Waals surface area contributed by atoms with Gasteiger partial charge in [0.05, 0.1) is 17.8 Å². The van der Waals surface area contributed by atoms with Crippen molar-refractivity contribution < 1.29 is 4.74 Å². The number of rotatable bonds is 6. The number of halogens is 1. The first-order valence-electron chi connectivity index (χ1n) is 8.52. The summed E-state index contributed by atoms with van der Waals surface area (Å²) >= 11 is 6.16. The first kappa shape index (κ1) is 17.5. The second kappa shape index (κ2) is 8.21. The van der Waals surface area contributed by atoms with Gasteiger partial charge in [0.2, 0.25) is 0 Å². The molecule has 1 aromatic heterocycles. The molecule has 0 fully saturated rings. The summed E-state index contributed by atoms with van der Waals surface area (Å²) in [6.45, 7) is 0.710. The van der Waals surface area contributed by atoms with Gasteiger partial charge >= 0.3 is 0 Å². The normalized spacial score (nSPS) is 14.1. The van der Waals surface area contributed by atoms with Gasteiger partial charge in [-0.2, -0.15) is 0 Å². The molecule has 1 aliphatic rings. The smallest absolute Gasteiger partial charge is 0.297 e. The van der Waals surface area contributed by atoms with E-state index in [1.54, 1.807) is 37.7 Å². The molecule has 25 heavy (non-hydrogen) atoms. The summed E-state index contributed by atoms with van der Waals surface area (Å²) in [6, 6.07) is 5.24. The molecule has 2 aromatic rings. The minimum Gasteiger partial charge on any atom is -0.495 e. The molecule has 0 unspecified atom stereocenters. The van der Waals surface area contributed by atoms with Crippen molar-refractivity contribution in [3.05, 3.63) is 57.6 Å². The van der Waals surface area contributed by atoms with Gasteiger partial charge in [0.15, 0.2) is 5.82 Å². The summed E-state index contributed by atoms with van der Waals surface area (Å²) in [4.78, 5) is 16.8. The first-order chi connectivity index (χ1) is 12.2. The Morgan fingerprint density at radius 2 is 2.24 bits per heavy atom. The van der Waals surface area contributed by atoms with Gasteiger partial charge in [-0.15, -0.1) is 0 Å². The number of allylic oxidation sites excluding steroid dienone is 1. The molecule has 3 rings (SSSR count). The van der Waals surface area contributed by atoms with Gasteiger partial charge in [-0.25, -0.2) is 4.98 Å². The minimum atomic E-state index is -0.193. The predicted octanol–water partition coefficient (Wildman–Crippen LogP) is 4.20. The molecule has 0 spiro atoms. The summed E-state index contributed by atoms with van der Waals surface area (Å²) in [6.07, 6.45) is 11.4. The molecule has 1 aromatic carbocycles. The monoisotopic (exact) mass is 359 g/mol. The second-order valence-corrected chi connectivity index (χ2v) is 6.46.